The highest BCUT2D eigenvalue weighted by Gasteiger charge is 2.22. The molecule has 176 valence electrons. The average molecular weight is 439 g/mol. The van der Waals surface area contributed by atoms with Crippen LogP contribution in [0.25, 0.3) is 11.4 Å². The molecular formula is C29H43FN2. The molecule has 3 rings (SSSR count). The van der Waals surface area contributed by atoms with Gasteiger partial charge in [0.2, 0.25) is 0 Å². The number of aryl methyl sites for hydroxylation is 1. The highest BCUT2D eigenvalue weighted by molar-refractivity contribution is 5.55. The molecule has 0 amide bonds. The van der Waals surface area contributed by atoms with Crippen molar-refractivity contribution in [2.45, 2.75) is 116 Å². The van der Waals surface area contributed by atoms with Crippen LogP contribution in [-0.2, 0) is 6.42 Å². The maximum absolute atomic E-state index is 14.6. The van der Waals surface area contributed by atoms with Gasteiger partial charge in [-0.1, -0.05) is 83.8 Å². The Morgan fingerprint density at radius 3 is 2.12 bits per heavy atom. The summed E-state index contributed by atoms with van der Waals surface area (Å²) >= 11 is 0. The molecule has 0 atom stereocenters. The zero-order valence-corrected chi connectivity index (χ0v) is 20.4. The predicted molar refractivity (Wildman–Crippen MR) is 133 cm³/mol. The summed E-state index contributed by atoms with van der Waals surface area (Å²) < 4.78 is 14.6. The summed E-state index contributed by atoms with van der Waals surface area (Å²) in [6.45, 7) is 4.49. The first kappa shape index (κ1) is 24.9. The van der Waals surface area contributed by atoms with E-state index in [1.165, 1.54) is 89.0 Å². The van der Waals surface area contributed by atoms with Crippen LogP contribution in [0, 0.1) is 11.7 Å². The van der Waals surface area contributed by atoms with Crippen molar-refractivity contribution in [1.82, 2.24) is 9.97 Å². The number of unbranched alkanes of at least 4 members (excludes halogenated alkanes) is 7. The number of benzene rings is 1. The van der Waals surface area contributed by atoms with E-state index in [1.54, 1.807) is 6.07 Å². The zero-order chi connectivity index (χ0) is 22.6. The molecule has 0 saturated heterocycles. The SMILES string of the molecule is CCCCCCCc1ccc(-c2ncc(C3CCC(CCCCCC)CC3)cn2)cc1F. The van der Waals surface area contributed by atoms with Crippen LogP contribution in [-0.4, -0.2) is 9.97 Å². The first-order valence-corrected chi connectivity index (χ1v) is 13.3. The lowest BCUT2D eigenvalue weighted by molar-refractivity contribution is 0.301. The Labute approximate surface area is 195 Å². The van der Waals surface area contributed by atoms with Gasteiger partial charge in [0.1, 0.15) is 5.82 Å². The smallest absolute Gasteiger partial charge is 0.159 e. The molecule has 1 aromatic carbocycles. The Morgan fingerprint density at radius 2 is 1.47 bits per heavy atom. The third kappa shape index (κ3) is 7.67. The van der Waals surface area contributed by atoms with E-state index >= 15 is 0 Å². The van der Waals surface area contributed by atoms with Gasteiger partial charge in [-0.25, -0.2) is 14.4 Å². The van der Waals surface area contributed by atoms with Crippen LogP contribution >= 0.6 is 0 Å². The fourth-order valence-corrected chi connectivity index (χ4v) is 5.15. The number of nitrogens with zero attached hydrogens (tertiary/aromatic N) is 2. The largest absolute Gasteiger partial charge is 0.236 e. The monoisotopic (exact) mass is 438 g/mol. The van der Waals surface area contributed by atoms with E-state index in [-0.39, 0.29) is 5.82 Å². The normalized spacial score (nSPS) is 18.7. The second-order valence-electron chi connectivity index (χ2n) is 9.88. The van der Waals surface area contributed by atoms with E-state index in [0.29, 0.717) is 11.7 Å². The lowest BCUT2D eigenvalue weighted by atomic mass is 9.77. The number of hydrogen-bond acceptors (Lipinski definition) is 2. The first-order valence-electron chi connectivity index (χ1n) is 13.3. The summed E-state index contributed by atoms with van der Waals surface area (Å²) in [4.78, 5) is 9.20. The van der Waals surface area contributed by atoms with E-state index in [2.05, 4.69) is 23.8 Å². The molecule has 0 spiro atoms. The molecule has 0 radical (unpaired) electrons. The van der Waals surface area contributed by atoms with E-state index in [0.717, 1.165) is 29.9 Å². The molecular weight excluding hydrogens is 395 g/mol. The van der Waals surface area contributed by atoms with Crippen LogP contribution in [0.15, 0.2) is 30.6 Å². The molecule has 3 heteroatoms. The quantitative estimate of drug-likeness (QED) is 0.291. The topological polar surface area (TPSA) is 25.8 Å². The molecule has 0 unspecified atom stereocenters. The fraction of sp³-hybridized carbons (Fsp3) is 0.655. The van der Waals surface area contributed by atoms with Gasteiger partial charge in [-0.05, 0) is 67.6 Å². The van der Waals surface area contributed by atoms with Gasteiger partial charge in [0.15, 0.2) is 5.82 Å². The van der Waals surface area contributed by atoms with Crippen molar-refractivity contribution in [2.24, 2.45) is 5.92 Å². The molecule has 1 aromatic heterocycles. The van der Waals surface area contributed by atoms with Crippen molar-refractivity contribution < 1.29 is 4.39 Å². The van der Waals surface area contributed by atoms with Gasteiger partial charge in [0, 0.05) is 18.0 Å². The maximum Gasteiger partial charge on any atom is 0.159 e. The minimum absolute atomic E-state index is 0.122. The van der Waals surface area contributed by atoms with Crippen LogP contribution in [0.2, 0.25) is 0 Å². The van der Waals surface area contributed by atoms with Crippen molar-refractivity contribution >= 4 is 0 Å². The zero-order valence-electron chi connectivity index (χ0n) is 20.4. The van der Waals surface area contributed by atoms with Gasteiger partial charge in [0.25, 0.3) is 0 Å². The molecule has 1 saturated carbocycles. The fourth-order valence-electron chi connectivity index (χ4n) is 5.15. The molecule has 1 fully saturated rings. The molecule has 1 heterocycles. The molecule has 2 aromatic rings. The Morgan fingerprint density at radius 1 is 0.812 bits per heavy atom. The lowest BCUT2D eigenvalue weighted by Crippen LogP contribution is -2.14. The third-order valence-electron chi connectivity index (χ3n) is 7.32. The summed E-state index contributed by atoms with van der Waals surface area (Å²) in [6.07, 6.45) is 22.8. The van der Waals surface area contributed by atoms with Crippen LogP contribution in [0.5, 0.6) is 0 Å². The summed E-state index contributed by atoms with van der Waals surface area (Å²) in [5.41, 5.74) is 2.84. The second kappa shape index (κ2) is 13.7. The van der Waals surface area contributed by atoms with Crippen molar-refractivity contribution in [1.29, 1.82) is 0 Å². The first-order chi connectivity index (χ1) is 15.7. The van der Waals surface area contributed by atoms with Gasteiger partial charge in [0.05, 0.1) is 0 Å². The summed E-state index contributed by atoms with van der Waals surface area (Å²) in [7, 11) is 0. The lowest BCUT2D eigenvalue weighted by Gasteiger charge is -2.28. The second-order valence-corrected chi connectivity index (χ2v) is 9.88. The van der Waals surface area contributed by atoms with E-state index in [4.69, 9.17) is 0 Å². The molecule has 1 aliphatic carbocycles. The summed E-state index contributed by atoms with van der Waals surface area (Å²) in [5, 5.41) is 0. The van der Waals surface area contributed by atoms with Crippen LogP contribution in [0.1, 0.15) is 121 Å². The van der Waals surface area contributed by atoms with Crippen molar-refractivity contribution in [3.8, 4) is 11.4 Å². The third-order valence-corrected chi connectivity index (χ3v) is 7.32. The number of aromatic nitrogens is 2. The van der Waals surface area contributed by atoms with E-state index in [1.807, 2.05) is 24.5 Å². The van der Waals surface area contributed by atoms with Crippen LogP contribution in [0.3, 0.4) is 0 Å². The Hall–Kier alpha value is -1.77. The molecule has 0 aliphatic heterocycles. The Kier molecular flexibility index (Phi) is 10.6. The van der Waals surface area contributed by atoms with Gasteiger partial charge in [-0.15, -0.1) is 0 Å². The van der Waals surface area contributed by atoms with Gasteiger partial charge in [-0.2, -0.15) is 0 Å². The number of halogens is 1. The number of rotatable bonds is 13. The predicted octanol–water partition coefficient (Wildman–Crippen LogP) is 9.04. The van der Waals surface area contributed by atoms with Crippen molar-refractivity contribution in [3.05, 3.63) is 47.5 Å². The standard InChI is InChI=1S/C29H43FN2/c1-3-5-7-9-11-13-25-18-19-26(20-28(25)30)29-31-21-27(22-32-29)24-16-14-23(15-17-24)12-10-8-6-4-2/h18-24H,3-17H2,1-2H3. The average Bonchev–Trinajstić information content (AvgIpc) is 2.83. The Bertz CT molecular complexity index is 778. The summed E-state index contributed by atoms with van der Waals surface area (Å²) in [5.74, 6) is 2.01. The van der Waals surface area contributed by atoms with E-state index in [9.17, 15) is 4.39 Å². The Balaban J connectivity index is 1.48. The van der Waals surface area contributed by atoms with Crippen molar-refractivity contribution in [2.75, 3.05) is 0 Å². The molecule has 2 nitrogen and oxygen atoms in total. The van der Waals surface area contributed by atoms with Gasteiger partial charge >= 0.3 is 0 Å². The minimum atomic E-state index is -0.122. The highest BCUT2D eigenvalue weighted by Crippen LogP contribution is 2.37. The number of hydrogen-bond donors (Lipinski definition) is 0. The van der Waals surface area contributed by atoms with Gasteiger partial charge in [-0.3, -0.25) is 0 Å². The summed E-state index contributed by atoms with van der Waals surface area (Å²) in [6, 6.07) is 5.51. The minimum Gasteiger partial charge on any atom is -0.236 e. The molecule has 1 aliphatic rings. The maximum atomic E-state index is 14.6. The van der Waals surface area contributed by atoms with Crippen LogP contribution in [0.4, 0.5) is 4.39 Å². The molecule has 0 N–H and O–H groups in total. The molecule has 0 bridgehead atoms. The van der Waals surface area contributed by atoms with E-state index < -0.39 is 0 Å². The van der Waals surface area contributed by atoms with Crippen LogP contribution < -0.4 is 0 Å². The highest BCUT2D eigenvalue weighted by atomic mass is 19.1. The molecule has 32 heavy (non-hydrogen) atoms. The van der Waals surface area contributed by atoms with Gasteiger partial charge < -0.3 is 0 Å². The van der Waals surface area contributed by atoms with Crippen molar-refractivity contribution in [3.63, 3.8) is 0 Å².